The average Bonchev–Trinajstić information content (AvgIpc) is 2.77. The Morgan fingerprint density at radius 2 is 1.59 bits per heavy atom. The van der Waals surface area contributed by atoms with Gasteiger partial charge in [0.2, 0.25) is 0 Å². The van der Waals surface area contributed by atoms with E-state index in [0.29, 0.717) is 5.75 Å². The molecular formula is C28H28O4. The van der Waals surface area contributed by atoms with Crippen molar-refractivity contribution in [1.82, 2.24) is 0 Å². The van der Waals surface area contributed by atoms with E-state index in [0.717, 1.165) is 50.8 Å². The van der Waals surface area contributed by atoms with E-state index in [9.17, 15) is 20.1 Å². The third kappa shape index (κ3) is 2.96. The van der Waals surface area contributed by atoms with E-state index in [1.807, 2.05) is 24.3 Å². The minimum absolute atomic E-state index is 0.0848. The van der Waals surface area contributed by atoms with Gasteiger partial charge in [0.25, 0.3) is 0 Å². The predicted molar refractivity (Wildman–Crippen MR) is 124 cm³/mol. The molecule has 0 amide bonds. The van der Waals surface area contributed by atoms with Crippen LogP contribution in [0.25, 0.3) is 21.9 Å². The van der Waals surface area contributed by atoms with Gasteiger partial charge < -0.3 is 15.3 Å². The van der Waals surface area contributed by atoms with Crippen molar-refractivity contribution in [1.29, 1.82) is 0 Å². The Morgan fingerprint density at radius 1 is 0.906 bits per heavy atom. The highest BCUT2D eigenvalue weighted by Crippen LogP contribution is 2.62. The van der Waals surface area contributed by atoms with E-state index in [1.165, 1.54) is 38.5 Å². The van der Waals surface area contributed by atoms with Gasteiger partial charge in [-0.2, -0.15) is 0 Å². The van der Waals surface area contributed by atoms with Crippen LogP contribution in [0, 0.1) is 17.8 Å². The second kappa shape index (κ2) is 7.08. The molecule has 3 aromatic rings. The van der Waals surface area contributed by atoms with Crippen molar-refractivity contribution in [2.75, 3.05) is 0 Å². The van der Waals surface area contributed by atoms with Crippen LogP contribution in [0.4, 0.5) is 0 Å². The monoisotopic (exact) mass is 428 g/mol. The van der Waals surface area contributed by atoms with Crippen molar-refractivity contribution in [2.24, 2.45) is 17.8 Å². The number of hydrogen-bond acceptors (Lipinski definition) is 3. The van der Waals surface area contributed by atoms with E-state index >= 15 is 0 Å². The van der Waals surface area contributed by atoms with Crippen LogP contribution in [0.5, 0.6) is 5.75 Å². The number of rotatable bonds is 4. The third-order valence-corrected chi connectivity index (χ3v) is 8.45. The van der Waals surface area contributed by atoms with Gasteiger partial charge >= 0.3 is 5.97 Å². The zero-order chi connectivity index (χ0) is 22.0. The molecule has 0 aromatic heterocycles. The molecule has 32 heavy (non-hydrogen) atoms. The van der Waals surface area contributed by atoms with E-state index < -0.39 is 5.97 Å². The molecule has 4 aliphatic rings. The van der Waals surface area contributed by atoms with E-state index in [-0.39, 0.29) is 17.6 Å². The zero-order valence-electron chi connectivity index (χ0n) is 18.1. The molecule has 0 unspecified atom stereocenters. The van der Waals surface area contributed by atoms with Crippen molar-refractivity contribution in [3.8, 4) is 16.9 Å². The first-order valence-corrected chi connectivity index (χ1v) is 11.7. The fourth-order valence-electron chi connectivity index (χ4n) is 7.54. The second-order valence-electron chi connectivity index (χ2n) is 10.4. The number of carbonyl (C=O) groups is 1. The highest BCUT2D eigenvalue weighted by Gasteiger charge is 2.52. The van der Waals surface area contributed by atoms with E-state index in [2.05, 4.69) is 6.07 Å². The number of aromatic carboxylic acids is 1. The number of aliphatic hydroxyl groups is 1. The Morgan fingerprint density at radius 3 is 2.22 bits per heavy atom. The van der Waals surface area contributed by atoms with Gasteiger partial charge in [0.15, 0.2) is 0 Å². The molecule has 0 saturated heterocycles. The Labute approximate surface area is 187 Å². The molecule has 4 aliphatic carbocycles. The standard InChI is InChI=1S/C28H28O4/c29-15-24-22-5-2-21(27(31)32)10-19(22)1-4-23(24)20-3-6-26(30)25(11-20)28-12-16-7-17(13-28)9-18(8-16)14-28/h1-6,10-11,16-18,29-30H,7-9,12-15H2,(H,31,32). The number of fused-ring (bicyclic) bond motifs is 1. The highest BCUT2D eigenvalue weighted by atomic mass is 16.4. The number of phenols is 1. The summed E-state index contributed by atoms with van der Waals surface area (Å²) < 4.78 is 0. The molecule has 0 atom stereocenters. The lowest BCUT2D eigenvalue weighted by Gasteiger charge is -2.57. The molecule has 4 saturated carbocycles. The Bertz CT molecular complexity index is 1210. The molecule has 3 aromatic carbocycles. The quantitative estimate of drug-likeness (QED) is 0.486. The second-order valence-corrected chi connectivity index (χ2v) is 10.4. The predicted octanol–water partition coefficient (Wildman–Crippen LogP) is 5.87. The summed E-state index contributed by atoms with van der Waals surface area (Å²) in [6.45, 7) is -0.132. The Hall–Kier alpha value is -2.85. The summed E-state index contributed by atoms with van der Waals surface area (Å²) in [5.74, 6) is 1.82. The van der Waals surface area contributed by atoms with Crippen molar-refractivity contribution in [2.45, 2.75) is 50.5 Å². The van der Waals surface area contributed by atoms with Crippen LogP contribution in [0.3, 0.4) is 0 Å². The number of aromatic hydroxyl groups is 1. The molecule has 0 radical (unpaired) electrons. The first-order valence-electron chi connectivity index (χ1n) is 11.7. The van der Waals surface area contributed by atoms with Gasteiger partial charge in [-0.05, 0) is 113 Å². The van der Waals surface area contributed by atoms with Crippen molar-refractivity contribution in [3.05, 3.63) is 65.2 Å². The molecule has 0 spiro atoms. The molecule has 0 aliphatic heterocycles. The Kier molecular flexibility index (Phi) is 4.38. The summed E-state index contributed by atoms with van der Waals surface area (Å²) in [5, 5.41) is 32.1. The smallest absolute Gasteiger partial charge is 0.335 e. The van der Waals surface area contributed by atoms with Crippen LogP contribution in [-0.4, -0.2) is 21.3 Å². The van der Waals surface area contributed by atoms with Crippen molar-refractivity contribution >= 4 is 16.7 Å². The minimum atomic E-state index is -0.958. The lowest BCUT2D eigenvalue weighted by Crippen LogP contribution is -2.48. The number of hydrogen-bond donors (Lipinski definition) is 3. The lowest BCUT2D eigenvalue weighted by atomic mass is 9.48. The first-order chi connectivity index (χ1) is 15.5. The van der Waals surface area contributed by atoms with Gasteiger partial charge in [-0.25, -0.2) is 4.79 Å². The largest absolute Gasteiger partial charge is 0.508 e. The lowest BCUT2D eigenvalue weighted by molar-refractivity contribution is -0.00611. The number of phenolic OH excluding ortho intramolecular Hbond substituents is 1. The number of aliphatic hydroxyl groups excluding tert-OH is 1. The van der Waals surface area contributed by atoms with Crippen LogP contribution < -0.4 is 0 Å². The highest BCUT2D eigenvalue weighted by molar-refractivity contribution is 5.97. The van der Waals surface area contributed by atoms with Gasteiger partial charge in [-0.1, -0.05) is 24.3 Å². The molecule has 4 heteroatoms. The average molecular weight is 429 g/mol. The summed E-state index contributed by atoms with van der Waals surface area (Å²) in [6.07, 6.45) is 7.61. The SMILES string of the molecule is O=C(O)c1ccc2c(CO)c(-c3ccc(O)c(C45CC6CC(CC(C6)C4)C5)c3)ccc2c1. The maximum atomic E-state index is 11.3. The molecule has 164 valence electrons. The maximum Gasteiger partial charge on any atom is 0.335 e. The third-order valence-electron chi connectivity index (χ3n) is 8.45. The summed E-state index contributed by atoms with van der Waals surface area (Å²) in [4.78, 5) is 11.3. The van der Waals surface area contributed by atoms with Crippen LogP contribution in [0.2, 0.25) is 0 Å². The van der Waals surface area contributed by atoms with Crippen LogP contribution >= 0.6 is 0 Å². The molecule has 4 fully saturated rings. The molecule has 4 nitrogen and oxygen atoms in total. The fraction of sp³-hybridized carbons (Fsp3) is 0.393. The van der Waals surface area contributed by atoms with Crippen LogP contribution in [0.15, 0.2) is 48.5 Å². The maximum absolute atomic E-state index is 11.3. The summed E-state index contributed by atoms with van der Waals surface area (Å²) in [5.41, 5.74) is 4.14. The van der Waals surface area contributed by atoms with E-state index in [4.69, 9.17) is 0 Å². The normalized spacial score (nSPS) is 28.3. The van der Waals surface area contributed by atoms with Crippen LogP contribution in [0.1, 0.15) is 60.0 Å². The van der Waals surface area contributed by atoms with Crippen LogP contribution in [-0.2, 0) is 12.0 Å². The van der Waals surface area contributed by atoms with Crippen molar-refractivity contribution in [3.63, 3.8) is 0 Å². The van der Waals surface area contributed by atoms with Gasteiger partial charge in [-0.15, -0.1) is 0 Å². The number of carboxylic acids is 1. The number of benzene rings is 3. The molecule has 4 bridgehead atoms. The van der Waals surface area contributed by atoms with Gasteiger partial charge in [-0.3, -0.25) is 0 Å². The topological polar surface area (TPSA) is 77.8 Å². The summed E-state index contributed by atoms with van der Waals surface area (Å²) in [7, 11) is 0. The molecule has 3 N–H and O–H groups in total. The molecule has 0 heterocycles. The molecular weight excluding hydrogens is 400 g/mol. The van der Waals surface area contributed by atoms with Gasteiger partial charge in [0.1, 0.15) is 5.75 Å². The van der Waals surface area contributed by atoms with E-state index in [1.54, 1.807) is 18.2 Å². The van der Waals surface area contributed by atoms with Gasteiger partial charge in [0, 0.05) is 5.56 Å². The summed E-state index contributed by atoms with van der Waals surface area (Å²) >= 11 is 0. The zero-order valence-corrected chi connectivity index (χ0v) is 18.1. The first kappa shape index (κ1) is 19.8. The summed E-state index contributed by atoms with van der Waals surface area (Å²) in [6, 6.07) is 14.8. The Balaban J connectivity index is 1.47. The molecule has 7 rings (SSSR count). The number of carboxylic acid groups (broad SMARTS) is 1. The fourth-order valence-corrected chi connectivity index (χ4v) is 7.54. The van der Waals surface area contributed by atoms with Gasteiger partial charge in [0.05, 0.1) is 12.2 Å². The minimum Gasteiger partial charge on any atom is -0.508 e. The van der Waals surface area contributed by atoms with Crippen molar-refractivity contribution < 1.29 is 20.1 Å².